The standard InChI is InChI=1S/C11H12ClF.C4H7N3.C2H2/c1-11(2)6-8(11)7-3-4-10(13)9(12)5-7;1-3-2-6-4(5)7-3;1-2/h3-5,8H,6H2,1-2H3;2H,1H3,(H3,5,6,7);1-2H/t8-;;/m0../s1. The van der Waals surface area contributed by atoms with E-state index in [-0.39, 0.29) is 10.8 Å². The maximum atomic E-state index is 12.8. The van der Waals surface area contributed by atoms with Crippen molar-refractivity contribution in [2.24, 2.45) is 5.41 Å². The summed E-state index contributed by atoms with van der Waals surface area (Å²) >= 11 is 5.70. The minimum absolute atomic E-state index is 0.236. The zero-order valence-corrected chi connectivity index (χ0v) is 13.8. The van der Waals surface area contributed by atoms with Crippen LogP contribution in [0.5, 0.6) is 0 Å². The van der Waals surface area contributed by atoms with Gasteiger partial charge in [-0.15, -0.1) is 12.8 Å². The SMILES string of the molecule is C#C.CC1(C)C[C@H]1c1ccc(F)c(Cl)c1.Cc1cnc(N)[nH]1. The number of aromatic nitrogens is 2. The molecule has 0 radical (unpaired) electrons. The molecule has 3 nitrogen and oxygen atoms in total. The van der Waals surface area contributed by atoms with Crippen LogP contribution < -0.4 is 5.73 Å². The number of terminal acetylenes is 1. The second kappa shape index (κ2) is 7.33. The number of anilines is 1. The molecule has 1 aliphatic carbocycles. The molecule has 0 aliphatic heterocycles. The van der Waals surface area contributed by atoms with Crippen LogP contribution in [-0.4, -0.2) is 9.97 Å². The minimum Gasteiger partial charge on any atom is -0.369 e. The Kier molecular flexibility index (Phi) is 6.01. The molecule has 2 aromatic rings. The largest absolute Gasteiger partial charge is 0.369 e. The topological polar surface area (TPSA) is 54.7 Å². The smallest absolute Gasteiger partial charge is 0.197 e. The predicted octanol–water partition coefficient (Wildman–Crippen LogP) is 4.54. The highest BCUT2D eigenvalue weighted by molar-refractivity contribution is 6.30. The fraction of sp³-hybridized carbons (Fsp3) is 0.353. The Bertz CT molecular complexity index is 630. The average molecular weight is 322 g/mol. The summed E-state index contributed by atoms with van der Waals surface area (Å²) in [6.45, 7) is 6.34. The minimum atomic E-state index is -0.330. The number of aryl methyl sites for hydroxylation is 1. The Morgan fingerprint density at radius 3 is 2.32 bits per heavy atom. The number of H-pyrrole nitrogens is 1. The van der Waals surface area contributed by atoms with Gasteiger partial charge in [0.25, 0.3) is 0 Å². The van der Waals surface area contributed by atoms with Crippen LogP contribution in [0.4, 0.5) is 10.3 Å². The van der Waals surface area contributed by atoms with Gasteiger partial charge in [0, 0.05) is 11.9 Å². The summed E-state index contributed by atoms with van der Waals surface area (Å²) in [6, 6.07) is 5.03. The molecule has 3 rings (SSSR count). The normalized spacial score (nSPS) is 17.5. The van der Waals surface area contributed by atoms with Crippen molar-refractivity contribution in [3.8, 4) is 12.8 Å². The van der Waals surface area contributed by atoms with Gasteiger partial charge in [0.1, 0.15) is 5.82 Å². The molecule has 1 aromatic heterocycles. The molecule has 1 fully saturated rings. The first-order valence-corrected chi connectivity index (χ1v) is 7.23. The Labute approximate surface area is 136 Å². The molecule has 118 valence electrons. The zero-order chi connectivity index (χ0) is 16.9. The maximum absolute atomic E-state index is 12.8. The van der Waals surface area contributed by atoms with E-state index in [9.17, 15) is 4.39 Å². The van der Waals surface area contributed by atoms with Crippen molar-refractivity contribution in [3.63, 3.8) is 0 Å². The van der Waals surface area contributed by atoms with Crippen LogP contribution in [0.15, 0.2) is 24.4 Å². The van der Waals surface area contributed by atoms with Gasteiger partial charge in [0.2, 0.25) is 0 Å². The molecular weight excluding hydrogens is 301 g/mol. The van der Waals surface area contributed by atoms with Gasteiger partial charge >= 0.3 is 0 Å². The molecule has 3 N–H and O–H groups in total. The Balaban J connectivity index is 0.000000228. The van der Waals surface area contributed by atoms with Gasteiger partial charge in [-0.2, -0.15) is 0 Å². The van der Waals surface area contributed by atoms with Gasteiger partial charge in [-0.3, -0.25) is 0 Å². The number of halogens is 2. The fourth-order valence-electron chi connectivity index (χ4n) is 2.20. The Hall–Kier alpha value is -1.99. The van der Waals surface area contributed by atoms with Gasteiger partial charge in [0.15, 0.2) is 5.95 Å². The summed E-state index contributed by atoms with van der Waals surface area (Å²) in [4.78, 5) is 6.54. The van der Waals surface area contributed by atoms with E-state index in [2.05, 4.69) is 36.7 Å². The van der Waals surface area contributed by atoms with Crippen LogP contribution in [0.25, 0.3) is 0 Å². The van der Waals surface area contributed by atoms with Gasteiger partial charge in [-0.1, -0.05) is 31.5 Å². The first-order valence-electron chi connectivity index (χ1n) is 6.85. The predicted molar refractivity (Wildman–Crippen MR) is 90.2 cm³/mol. The van der Waals surface area contributed by atoms with E-state index in [0.717, 1.165) is 11.3 Å². The molecule has 0 bridgehead atoms. The zero-order valence-electron chi connectivity index (χ0n) is 13.0. The number of nitrogens with one attached hydrogen (secondary N) is 1. The van der Waals surface area contributed by atoms with Gasteiger partial charge < -0.3 is 10.7 Å². The number of nitrogens with zero attached hydrogens (tertiary/aromatic N) is 1. The lowest BCUT2D eigenvalue weighted by Gasteiger charge is -2.04. The third-order valence-electron chi connectivity index (χ3n) is 3.58. The second-order valence-electron chi connectivity index (χ2n) is 5.87. The number of aromatic amines is 1. The summed E-state index contributed by atoms with van der Waals surface area (Å²) < 4.78 is 12.8. The summed E-state index contributed by atoms with van der Waals surface area (Å²) in [5.41, 5.74) is 7.75. The molecule has 5 heteroatoms. The summed E-state index contributed by atoms with van der Waals surface area (Å²) in [5, 5.41) is 0.236. The van der Waals surface area contributed by atoms with E-state index < -0.39 is 0 Å². The number of hydrogen-bond acceptors (Lipinski definition) is 2. The van der Waals surface area contributed by atoms with E-state index in [0.29, 0.717) is 17.3 Å². The number of nitrogens with two attached hydrogens (primary N) is 1. The molecule has 0 unspecified atom stereocenters. The second-order valence-corrected chi connectivity index (χ2v) is 6.28. The molecule has 1 atom stereocenters. The third kappa shape index (κ3) is 4.78. The van der Waals surface area contributed by atoms with Crippen LogP contribution >= 0.6 is 11.6 Å². The first kappa shape index (κ1) is 18.1. The highest BCUT2D eigenvalue weighted by Crippen LogP contribution is 2.58. The van der Waals surface area contributed by atoms with Crippen LogP contribution in [0, 0.1) is 31.0 Å². The summed E-state index contributed by atoms with van der Waals surface area (Å²) in [6.07, 6.45) is 10.9. The van der Waals surface area contributed by atoms with E-state index in [1.54, 1.807) is 12.3 Å². The lowest BCUT2D eigenvalue weighted by atomic mass is 10.0. The molecule has 1 heterocycles. The molecular formula is C17H21ClFN3. The number of hydrogen-bond donors (Lipinski definition) is 2. The van der Waals surface area contributed by atoms with Crippen molar-refractivity contribution in [3.05, 3.63) is 46.5 Å². The molecule has 22 heavy (non-hydrogen) atoms. The third-order valence-corrected chi connectivity index (χ3v) is 3.87. The van der Waals surface area contributed by atoms with E-state index in [4.69, 9.17) is 17.3 Å². The van der Waals surface area contributed by atoms with Crippen molar-refractivity contribution in [1.29, 1.82) is 0 Å². The summed E-state index contributed by atoms with van der Waals surface area (Å²) in [7, 11) is 0. The average Bonchev–Trinajstić information content (AvgIpc) is 2.94. The number of imidazole rings is 1. The van der Waals surface area contributed by atoms with Crippen molar-refractivity contribution in [1.82, 2.24) is 9.97 Å². The molecule has 1 aliphatic rings. The lowest BCUT2D eigenvalue weighted by Crippen LogP contribution is -1.90. The Morgan fingerprint density at radius 2 is 2.00 bits per heavy atom. The quantitative estimate of drug-likeness (QED) is 0.757. The molecule has 0 saturated heterocycles. The molecule has 1 aromatic carbocycles. The van der Waals surface area contributed by atoms with Crippen LogP contribution in [0.1, 0.15) is 37.4 Å². The fourth-order valence-corrected chi connectivity index (χ4v) is 2.39. The van der Waals surface area contributed by atoms with Crippen LogP contribution in [0.2, 0.25) is 5.02 Å². The van der Waals surface area contributed by atoms with Crippen molar-refractivity contribution in [2.45, 2.75) is 33.1 Å². The van der Waals surface area contributed by atoms with E-state index >= 15 is 0 Å². The molecule has 0 spiro atoms. The van der Waals surface area contributed by atoms with Gasteiger partial charge in [-0.05, 0) is 42.4 Å². The van der Waals surface area contributed by atoms with E-state index in [1.807, 2.05) is 13.0 Å². The monoisotopic (exact) mass is 321 g/mol. The highest BCUT2D eigenvalue weighted by atomic mass is 35.5. The van der Waals surface area contributed by atoms with Crippen LogP contribution in [0.3, 0.4) is 0 Å². The first-order chi connectivity index (χ1) is 10.3. The van der Waals surface area contributed by atoms with Crippen molar-refractivity contribution < 1.29 is 4.39 Å². The number of benzene rings is 1. The number of rotatable bonds is 1. The van der Waals surface area contributed by atoms with E-state index in [1.165, 1.54) is 12.5 Å². The van der Waals surface area contributed by atoms with Gasteiger partial charge in [-0.25, -0.2) is 9.37 Å². The highest BCUT2D eigenvalue weighted by Gasteiger charge is 2.46. The summed E-state index contributed by atoms with van der Waals surface area (Å²) in [5.74, 6) is 0.715. The van der Waals surface area contributed by atoms with Gasteiger partial charge in [0.05, 0.1) is 5.02 Å². The maximum Gasteiger partial charge on any atom is 0.197 e. The molecule has 0 amide bonds. The Morgan fingerprint density at radius 1 is 1.41 bits per heavy atom. The lowest BCUT2D eigenvalue weighted by molar-refractivity contribution is 0.614. The number of nitrogen functional groups attached to an aromatic ring is 1. The van der Waals surface area contributed by atoms with Crippen molar-refractivity contribution >= 4 is 17.5 Å². The molecule has 1 saturated carbocycles. The van der Waals surface area contributed by atoms with Crippen LogP contribution in [-0.2, 0) is 0 Å². The van der Waals surface area contributed by atoms with Crippen molar-refractivity contribution in [2.75, 3.05) is 5.73 Å².